The van der Waals surface area contributed by atoms with Crippen molar-refractivity contribution in [2.24, 2.45) is 5.92 Å². The molecule has 1 aliphatic heterocycles. The van der Waals surface area contributed by atoms with Gasteiger partial charge in [-0.05, 0) is 30.9 Å². The molecule has 0 radical (unpaired) electrons. The summed E-state index contributed by atoms with van der Waals surface area (Å²) in [6.45, 7) is 5.42. The van der Waals surface area contributed by atoms with Gasteiger partial charge in [0, 0.05) is 23.7 Å². The maximum Gasteiger partial charge on any atom is 0.150 e. The molecular formula is C15H21F2NO2S. The third kappa shape index (κ3) is 3.80. The Morgan fingerprint density at radius 3 is 2.43 bits per heavy atom. The fraction of sp³-hybridized carbons (Fsp3) is 0.600. The van der Waals surface area contributed by atoms with Gasteiger partial charge in [0.25, 0.3) is 0 Å². The van der Waals surface area contributed by atoms with Crippen molar-refractivity contribution in [2.45, 2.75) is 39.3 Å². The Labute approximate surface area is 124 Å². The minimum absolute atomic E-state index is 0.0489. The summed E-state index contributed by atoms with van der Waals surface area (Å²) in [6, 6.07) is 2.02. The summed E-state index contributed by atoms with van der Waals surface area (Å²) in [6.07, 6.45) is 0.503. The molecule has 1 fully saturated rings. The van der Waals surface area contributed by atoms with Crippen LogP contribution in [0.1, 0.15) is 37.4 Å². The number of halogens is 2. The van der Waals surface area contributed by atoms with Gasteiger partial charge in [-0.25, -0.2) is 17.2 Å². The maximum atomic E-state index is 14.1. The van der Waals surface area contributed by atoms with Crippen molar-refractivity contribution >= 4 is 9.84 Å². The molecule has 2 atom stereocenters. The van der Waals surface area contributed by atoms with Crippen molar-refractivity contribution in [3.05, 3.63) is 34.9 Å². The van der Waals surface area contributed by atoms with E-state index in [9.17, 15) is 17.2 Å². The van der Waals surface area contributed by atoms with Crippen LogP contribution in [0.15, 0.2) is 12.1 Å². The summed E-state index contributed by atoms with van der Waals surface area (Å²) in [5.74, 6) is -1.21. The van der Waals surface area contributed by atoms with Crippen molar-refractivity contribution in [3.8, 4) is 0 Å². The molecule has 0 bridgehead atoms. The average Bonchev–Trinajstić information content (AvgIpc) is 2.71. The molecule has 1 saturated heterocycles. The minimum atomic E-state index is -3.05. The van der Waals surface area contributed by atoms with Gasteiger partial charge in [0.05, 0.1) is 11.5 Å². The van der Waals surface area contributed by atoms with Crippen molar-refractivity contribution in [3.63, 3.8) is 0 Å². The quantitative estimate of drug-likeness (QED) is 0.929. The highest BCUT2D eigenvalue weighted by Gasteiger charge is 2.36. The molecule has 3 nitrogen and oxygen atoms in total. The SMILES string of the molecule is Cc1cc(C(NC(C)C)C2CCS(=O)(=O)C2)c(F)cc1F. The normalized spacial score (nSPS) is 22.7. The molecule has 0 aliphatic carbocycles. The lowest BCUT2D eigenvalue weighted by Gasteiger charge is -2.27. The molecule has 0 amide bonds. The number of nitrogens with one attached hydrogen (secondary N) is 1. The molecule has 118 valence electrons. The van der Waals surface area contributed by atoms with Crippen LogP contribution in [0.4, 0.5) is 8.78 Å². The molecule has 0 spiro atoms. The highest BCUT2D eigenvalue weighted by atomic mass is 32.2. The van der Waals surface area contributed by atoms with Crippen LogP contribution in [0, 0.1) is 24.5 Å². The predicted octanol–water partition coefficient (Wildman–Crippen LogP) is 2.75. The van der Waals surface area contributed by atoms with Crippen LogP contribution in [-0.2, 0) is 9.84 Å². The van der Waals surface area contributed by atoms with E-state index >= 15 is 0 Å². The second-order valence-corrected chi connectivity index (χ2v) is 8.31. The van der Waals surface area contributed by atoms with E-state index in [1.54, 1.807) is 6.92 Å². The lowest BCUT2D eigenvalue weighted by Crippen LogP contribution is -2.34. The molecule has 1 heterocycles. The largest absolute Gasteiger partial charge is 0.307 e. The Kier molecular flexibility index (Phi) is 4.68. The zero-order valence-electron chi connectivity index (χ0n) is 12.5. The number of hydrogen-bond donors (Lipinski definition) is 1. The van der Waals surface area contributed by atoms with E-state index in [0.29, 0.717) is 17.5 Å². The van der Waals surface area contributed by atoms with Crippen molar-refractivity contribution < 1.29 is 17.2 Å². The fourth-order valence-corrected chi connectivity index (χ4v) is 4.68. The van der Waals surface area contributed by atoms with Crippen LogP contribution < -0.4 is 5.32 Å². The van der Waals surface area contributed by atoms with Gasteiger partial charge in [0.2, 0.25) is 0 Å². The summed E-state index contributed by atoms with van der Waals surface area (Å²) in [5.41, 5.74) is 0.715. The van der Waals surface area contributed by atoms with Gasteiger partial charge in [0.1, 0.15) is 11.6 Å². The number of aryl methyl sites for hydroxylation is 1. The highest BCUT2D eigenvalue weighted by molar-refractivity contribution is 7.91. The van der Waals surface area contributed by atoms with Crippen LogP contribution >= 0.6 is 0 Å². The second-order valence-electron chi connectivity index (χ2n) is 6.09. The summed E-state index contributed by atoms with van der Waals surface area (Å²) in [5, 5.41) is 3.24. The number of sulfone groups is 1. The average molecular weight is 317 g/mol. The molecule has 2 rings (SSSR count). The van der Waals surface area contributed by atoms with Crippen molar-refractivity contribution in [2.75, 3.05) is 11.5 Å². The third-order valence-electron chi connectivity index (χ3n) is 3.86. The van der Waals surface area contributed by atoms with E-state index in [1.165, 1.54) is 6.07 Å². The topological polar surface area (TPSA) is 46.2 Å². The van der Waals surface area contributed by atoms with Gasteiger partial charge in [-0.2, -0.15) is 0 Å². The predicted molar refractivity (Wildman–Crippen MR) is 78.9 cm³/mol. The molecular weight excluding hydrogens is 296 g/mol. The van der Waals surface area contributed by atoms with E-state index in [4.69, 9.17) is 0 Å². The summed E-state index contributed by atoms with van der Waals surface area (Å²) < 4.78 is 51.0. The van der Waals surface area contributed by atoms with Crippen molar-refractivity contribution in [1.29, 1.82) is 0 Å². The summed E-state index contributed by atoms with van der Waals surface area (Å²) in [7, 11) is -3.05. The van der Waals surface area contributed by atoms with Gasteiger partial charge in [-0.3, -0.25) is 0 Å². The lowest BCUT2D eigenvalue weighted by molar-refractivity contribution is 0.353. The number of hydrogen-bond acceptors (Lipinski definition) is 3. The third-order valence-corrected chi connectivity index (χ3v) is 5.66. The Morgan fingerprint density at radius 2 is 1.90 bits per heavy atom. The molecule has 1 aliphatic rings. The first-order valence-electron chi connectivity index (χ1n) is 7.11. The van der Waals surface area contributed by atoms with E-state index in [-0.39, 0.29) is 23.5 Å². The van der Waals surface area contributed by atoms with E-state index in [0.717, 1.165) is 6.07 Å². The Balaban J connectivity index is 2.39. The van der Waals surface area contributed by atoms with Crippen molar-refractivity contribution in [1.82, 2.24) is 5.32 Å². The molecule has 1 N–H and O–H groups in total. The van der Waals surface area contributed by atoms with Gasteiger partial charge in [0.15, 0.2) is 9.84 Å². The Bertz CT molecular complexity index is 629. The van der Waals surface area contributed by atoms with Crippen LogP contribution in [0.2, 0.25) is 0 Å². The zero-order valence-corrected chi connectivity index (χ0v) is 13.3. The number of rotatable bonds is 4. The molecule has 1 aromatic rings. The van der Waals surface area contributed by atoms with Gasteiger partial charge in [-0.15, -0.1) is 0 Å². The first kappa shape index (κ1) is 16.4. The smallest absolute Gasteiger partial charge is 0.150 e. The van der Waals surface area contributed by atoms with Crippen LogP contribution in [0.25, 0.3) is 0 Å². The van der Waals surface area contributed by atoms with Crippen LogP contribution in [0.3, 0.4) is 0 Å². The molecule has 6 heteroatoms. The van der Waals surface area contributed by atoms with Gasteiger partial charge in [-0.1, -0.05) is 13.8 Å². The van der Waals surface area contributed by atoms with E-state index in [1.807, 2.05) is 13.8 Å². The fourth-order valence-electron chi connectivity index (χ4n) is 2.84. The van der Waals surface area contributed by atoms with E-state index in [2.05, 4.69) is 5.32 Å². The lowest BCUT2D eigenvalue weighted by atomic mass is 9.90. The zero-order chi connectivity index (χ0) is 15.8. The van der Waals surface area contributed by atoms with E-state index < -0.39 is 27.5 Å². The van der Waals surface area contributed by atoms with Gasteiger partial charge >= 0.3 is 0 Å². The summed E-state index contributed by atoms with van der Waals surface area (Å²) in [4.78, 5) is 0. The highest BCUT2D eigenvalue weighted by Crippen LogP contribution is 2.34. The van der Waals surface area contributed by atoms with Crippen LogP contribution in [-0.4, -0.2) is 26.0 Å². The Morgan fingerprint density at radius 1 is 1.24 bits per heavy atom. The summed E-state index contributed by atoms with van der Waals surface area (Å²) >= 11 is 0. The Hall–Kier alpha value is -1.01. The number of benzene rings is 1. The first-order valence-corrected chi connectivity index (χ1v) is 8.94. The second kappa shape index (κ2) is 6.01. The minimum Gasteiger partial charge on any atom is -0.307 e. The van der Waals surface area contributed by atoms with Gasteiger partial charge < -0.3 is 5.32 Å². The molecule has 0 saturated carbocycles. The standard InChI is InChI=1S/C15H21F2NO2S/c1-9(2)18-15(11-4-5-21(19,20)8-11)12-6-10(3)13(16)7-14(12)17/h6-7,9,11,15,18H,4-5,8H2,1-3H3. The molecule has 1 aromatic carbocycles. The molecule has 2 unspecified atom stereocenters. The maximum absolute atomic E-state index is 14.1. The monoisotopic (exact) mass is 317 g/mol. The van der Waals surface area contributed by atoms with Crippen LogP contribution in [0.5, 0.6) is 0 Å². The molecule has 21 heavy (non-hydrogen) atoms. The first-order chi connectivity index (χ1) is 9.69. The molecule has 0 aromatic heterocycles.